The Morgan fingerprint density at radius 1 is 1.42 bits per heavy atom. The van der Waals surface area contributed by atoms with Crippen LogP contribution in [0, 0.1) is 6.92 Å². The van der Waals surface area contributed by atoms with E-state index in [0.29, 0.717) is 0 Å². The average molecular weight is 281 g/mol. The highest BCUT2D eigenvalue weighted by Crippen LogP contribution is 2.24. The van der Waals surface area contributed by atoms with Crippen molar-refractivity contribution in [2.45, 2.75) is 13.3 Å². The van der Waals surface area contributed by atoms with Crippen LogP contribution in [0.5, 0.6) is 0 Å². The zero-order valence-corrected chi connectivity index (χ0v) is 12.3. The lowest BCUT2D eigenvalue weighted by molar-refractivity contribution is 0.600. The molecule has 0 amide bonds. The molecule has 1 heterocycles. The average Bonchev–Trinajstić information content (AvgIpc) is 2.83. The Hall–Kier alpha value is -1.56. The van der Waals surface area contributed by atoms with Gasteiger partial charge in [0.05, 0.1) is 18.5 Å². The van der Waals surface area contributed by atoms with E-state index in [9.17, 15) is 8.42 Å². The molecule has 0 bridgehead atoms. The van der Waals surface area contributed by atoms with E-state index in [-0.39, 0.29) is 0 Å². The van der Waals surface area contributed by atoms with E-state index in [2.05, 4.69) is 10.3 Å². The van der Waals surface area contributed by atoms with Crippen LogP contribution in [0.15, 0.2) is 23.2 Å². The van der Waals surface area contributed by atoms with Gasteiger partial charge in [0, 0.05) is 20.0 Å². The van der Waals surface area contributed by atoms with Crippen molar-refractivity contribution in [3.63, 3.8) is 0 Å². The number of sulfonamides is 1. The molecule has 19 heavy (non-hydrogen) atoms. The summed E-state index contributed by atoms with van der Waals surface area (Å²) in [6, 6.07) is 5.72. The minimum Gasteiger partial charge on any atom is -0.372 e. The quantitative estimate of drug-likeness (QED) is 0.893. The molecule has 0 radical (unpaired) electrons. The van der Waals surface area contributed by atoms with Crippen molar-refractivity contribution >= 4 is 21.5 Å². The Kier molecular flexibility index (Phi) is 3.80. The number of benzene rings is 1. The Bertz CT molecular complexity index is 608. The van der Waals surface area contributed by atoms with Crippen LogP contribution < -0.4 is 9.62 Å². The molecular formula is C13H19N3O2S. The van der Waals surface area contributed by atoms with E-state index in [0.717, 1.165) is 42.2 Å². The number of hydrogen-bond acceptors (Lipinski definition) is 4. The van der Waals surface area contributed by atoms with E-state index in [1.807, 2.05) is 25.1 Å². The lowest BCUT2D eigenvalue weighted by atomic mass is 10.0. The molecule has 0 atom stereocenters. The van der Waals surface area contributed by atoms with Gasteiger partial charge in [0.2, 0.25) is 10.0 Å². The third-order valence-corrected chi connectivity index (χ3v) is 4.55. The van der Waals surface area contributed by atoms with Gasteiger partial charge in [-0.15, -0.1) is 0 Å². The predicted molar refractivity (Wildman–Crippen MR) is 78.4 cm³/mol. The lowest BCUT2D eigenvalue weighted by Gasteiger charge is -2.20. The number of aliphatic imine (C=N–C) groups is 1. The van der Waals surface area contributed by atoms with Crippen molar-refractivity contribution in [1.29, 1.82) is 0 Å². The highest BCUT2D eigenvalue weighted by Gasteiger charge is 2.16. The molecule has 5 nitrogen and oxygen atoms in total. The van der Waals surface area contributed by atoms with E-state index in [1.165, 1.54) is 10.6 Å². The highest BCUT2D eigenvalue weighted by molar-refractivity contribution is 7.92. The third-order valence-electron chi connectivity index (χ3n) is 3.36. The summed E-state index contributed by atoms with van der Waals surface area (Å²) in [5.41, 5.74) is 2.80. The number of nitrogens with one attached hydrogen (secondary N) is 1. The van der Waals surface area contributed by atoms with Crippen LogP contribution in [0.2, 0.25) is 0 Å². The molecule has 1 N–H and O–H groups in total. The molecule has 1 aromatic carbocycles. The molecule has 0 unspecified atom stereocenters. The minimum absolute atomic E-state index is 0.720. The molecule has 0 aliphatic carbocycles. The predicted octanol–water partition coefficient (Wildman–Crippen LogP) is 0.935. The zero-order chi connectivity index (χ0) is 14.0. The van der Waals surface area contributed by atoms with Gasteiger partial charge in [-0.3, -0.25) is 9.30 Å². The van der Waals surface area contributed by atoms with Crippen LogP contribution in [0.3, 0.4) is 0 Å². The smallest absolute Gasteiger partial charge is 0.232 e. The maximum absolute atomic E-state index is 11.6. The van der Waals surface area contributed by atoms with Gasteiger partial charge in [-0.2, -0.15) is 0 Å². The Morgan fingerprint density at radius 3 is 2.74 bits per heavy atom. The molecule has 0 fully saturated rings. The number of rotatable bonds is 4. The van der Waals surface area contributed by atoms with Crippen molar-refractivity contribution in [3.8, 4) is 0 Å². The van der Waals surface area contributed by atoms with Crippen LogP contribution in [0.4, 0.5) is 5.69 Å². The Labute approximate surface area is 114 Å². The fraction of sp³-hybridized carbons (Fsp3) is 0.462. The van der Waals surface area contributed by atoms with Crippen molar-refractivity contribution in [3.05, 3.63) is 29.3 Å². The molecule has 0 aromatic heterocycles. The van der Waals surface area contributed by atoms with Gasteiger partial charge in [0.1, 0.15) is 5.84 Å². The number of anilines is 1. The summed E-state index contributed by atoms with van der Waals surface area (Å²) in [7, 11) is -1.66. The van der Waals surface area contributed by atoms with E-state index in [4.69, 9.17) is 0 Å². The maximum atomic E-state index is 11.6. The molecule has 1 aromatic rings. The number of hydrogen-bond donors (Lipinski definition) is 1. The normalized spacial score (nSPS) is 15.0. The molecule has 6 heteroatoms. The van der Waals surface area contributed by atoms with E-state index < -0.39 is 10.0 Å². The molecule has 0 spiro atoms. The first-order valence-corrected chi connectivity index (χ1v) is 8.04. The van der Waals surface area contributed by atoms with Crippen molar-refractivity contribution in [2.75, 3.05) is 30.7 Å². The third kappa shape index (κ3) is 3.07. The van der Waals surface area contributed by atoms with Crippen LogP contribution in [0.1, 0.15) is 11.1 Å². The van der Waals surface area contributed by atoms with Crippen molar-refractivity contribution < 1.29 is 8.42 Å². The minimum atomic E-state index is -3.23. The summed E-state index contributed by atoms with van der Waals surface area (Å²) < 4.78 is 24.6. The zero-order valence-electron chi connectivity index (χ0n) is 11.5. The Morgan fingerprint density at radius 2 is 2.16 bits per heavy atom. The first kappa shape index (κ1) is 13.9. The SMILES string of the molecule is Cc1c(CC2=NCCN2)cccc1N(C)S(C)(=O)=O. The second-order valence-corrected chi connectivity index (χ2v) is 6.74. The van der Waals surface area contributed by atoms with Crippen LogP contribution in [-0.2, 0) is 16.4 Å². The second kappa shape index (κ2) is 5.21. The van der Waals surface area contributed by atoms with Crippen LogP contribution in [0.25, 0.3) is 0 Å². The van der Waals surface area contributed by atoms with Crippen LogP contribution >= 0.6 is 0 Å². The van der Waals surface area contributed by atoms with Gasteiger partial charge in [-0.05, 0) is 24.1 Å². The summed E-state index contributed by atoms with van der Waals surface area (Å²) >= 11 is 0. The topological polar surface area (TPSA) is 61.8 Å². The second-order valence-electron chi connectivity index (χ2n) is 4.72. The molecule has 2 rings (SSSR count). The molecule has 0 saturated carbocycles. The summed E-state index contributed by atoms with van der Waals surface area (Å²) in [6.45, 7) is 3.65. The largest absolute Gasteiger partial charge is 0.372 e. The Balaban J connectivity index is 2.32. The molecule has 1 aliphatic rings. The van der Waals surface area contributed by atoms with Crippen molar-refractivity contribution in [1.82, 2.24) is 5.32 Å². The van der Waals surface area contributed by atoms with Gasteiger partial charge in [-0.1, -0.05) is 12.1 Å². The fourth-order valence-electron chi connectivity index (χ4n) is 2.13. The van der Waals surface area contributed by atoms with Gasteiger partial charge in [0.15, 0.2) is 0 Å². The molecule has 1 aliphatic heterocycles. The van der Waals surface area contributed by atoms with Gasteiger partial charge in [-0.25, -0.2) is 8.42 Å². The highest BCUT2D eigenvalue weighted by atomic mass is 32.2. The number of nitrogens with zero attached hydrogens (tertiary/aromatic N) is 2. The van der Waals surface area contributed by atoms with Gasteiger partial charge < -0.3 is 5.32 Å². The summed E-state index contributed by atoms with van der Waals surface area (Å²) in [6.07, 6.45) is 1.93. The summed E-state index contributed by atoms with van der Waals surface area (Å²) in [4.78, 5) is 4.37. The fourth-order valence-corrected chi connectivity index (χ4v) is 2.68. The van der Waals surface area contributed by atoms with E-state index >= 15 is 0 Å². The van der Waals surface area contributed by atoms with Crippen molar-refractivity contribution in [2.24, 2.45) is 4.99 Å². The first-order valence-electron chi connectivity index (χ1n) is 6.19. The van der Waals surface area contributed by atoms with Gasteiger partial charge >= 0.3 is 0 Å². The maximum Gasteiger partial charge on any atom is 0.232 e. The summed E-state index contributed by atoms with van der Waals surface area (Å²) in [5.74, 6) is 0.974. The first-order chi connectivity index (χ1) is 8.89. The molecular weight excluding hydrogens is 262 g/mol. The molecule has 0 saturated heterocycles. The standard InChI is InChI=1S/C13H19N3O2S/c1-10-11(9-13-14-7-8-15-13)5-4-6-12(10)16(2)19(3,17)18/h4-6H,7-9H2,1-3H3,(H,14,15). The van der Waals surface area contributed by atoms with Crippen LogP contribution in [-0.4, -0.2) is 40.6 Å². The molecule has 104 valence electrons. The van der Waals surface area contributed by atoms with Gasteiger partial charge in [0.25, 0.3) is 0 Å². The van der Waals surface area contributed by atoms with E-state index in [1.54, 1.807) is 7.05 Å². The monoisotopic (exact) mass is 281 g/mol. The summed E-state index contributed by atoms with van der Waals surface area (Å²) in [5, 5.41) is 3.23. The number of amidine groups is 1. The lowest BCUT2D eigenvalue weighted by Crippen LogP contribution is -2.26.